The van der Waals surface area contributed by atoms with Crippen LogP contribution in [0.15, 0.2) is 48.5 Å². The van der Waals surface area contributed by atoms with Crippen molar-refractivity contribution < 1.29 is 28.7 Å². The van der Waals surface area contributed by atoms with Gasteiger partial charge in [-0.15, -0.1) is 0 Å². The smallest absolute Gasteiger partial charge is 0.143 e. The molecule has 4 saturated carbocycles. The van der Waals surface area contributed by atoms with E-state index in [4.69, 9.17) is 9.47 Å². The number of carbonyl (C=O) groups is 4. The van der Waals surface area contributed by atoms with Crippen molar-refractivity contribution in [2.75, 3.05) is 13.2 Å². The molecule has 6 nitrogen and oxygen atoms in total. The van der Waals surface area contributed by atoms with Crippen LogP contribution in [0.1, 0.15) is 173 Å². The van der Waals surface area contributed by atoms with Gasteiger partial charge in [0.1, 0.15) is 34.6 Å². The van der Waals surface area contributed by atoms with Gasteiger partial charge >= 0.3 is 0 Å². The van der Waals surface area contributed by atoms with Gasteiger partial charge in [-0.05, 0) is 162 Å². The van der Waals surface area contributed by atoms with Crippen LogP contribution in [-0.2, 0) is 19.2 Å². The highest BCUT2D eigenvalue weighted by Gasteiger charge is 2.36. The van der Waals surface area contributed by atoms with Crippen molar-refractivity contribution in [3.63, 3.8) is 0 Å². The van der Waals surface area contributed by atoms with Crippen LogP contribution in [0.3, 0.4) is 0 Å². The van der Waals surface area contributed by atoms with Crippen LogP contribution in [-0.4, -0.2) is 36.3 Å². The van der Waals surface area contributed by atoms with Crippen LogP contribution in [0, 0.1) is 35.5 Å². The second kappa shape index (κ2) is 21.9. The Balaban J connectivity index is 0.000000211. The van der Waals surface area contributed by atoms with Gasteiger partial charge in [-0.1, -0.05) is 57.4 Å². The van der Waals surface area contributed by atoms with Crippen molar-refractivity contribution in [2.45, 2.75) is 162 Å². The minimum Gasteiger partial charge on any atom is -0.494 e. The molecule has 0 aliphatic heterocycles. The quantitative estimate of drug-likeness (QED) is 0.168. The molecule has 0 radical (unpaired) electrons. The lowest BCUT2D eigenvalue weighted by Gasteiger charge is -2.31. The molecular formula is C49H70O6. The molecule has 55 heavy (non-hydrogen) atoms. The van der Waals surface area contributed by atoms with Gasteiger partial charge in [0.2, 0.25) is 0 Å². The average Bonchev–Trinajstić information content (AvgIpc) is 3.20. The number of hydrogen-bond acceptors (Lipinski definition) is 6. The predicted molar refractivity (Wildman–Crippen MR) is 221 cm³/mol. The topological polar surface area (TPSA) is 86.7 Å². The fourth-order valence-electron chi connectivity index (χ4n) is 10.1. The maximum absolute atomic E-state index is 12.8. The second-order valence-corrected chi connectivity index (χ2v) is 17.3. The van der Waals surface area contributed by atoms with Gasteiger partial charge in [-0.3, -0.25) is 19.2 Å². The molecular weight excluding hydrogens is 685 g/mol. The number of rotatable bonds is 15. The van der Waals surface area contributed by atoms with Gasteiger partial charge in [0.05, 0.1) is 25.0 Å². The Kier molecular flexibility index (Phi) is 17.0. The third-order valence-electron chi connectivity index (χ3n) is 13.5. The van der Waals surface area contributed by atoms with Gasteiger partial charge in [0, 0.05) is 25.7 Å². The summed E-state index contributed by atoms with van der Waals surface area (Å²) >= 11 is 0. The van der Waals surface area contributed by atoms with Crippen LogP contribution < -0.4 is 9.47 Å². The lowest BCUT2D eigenvalue weighted by molar-refractivity contribution is -0.137. The van der Waals surface area contributed by atoms with Crippen LogP contribution in [0.2, 0.25) is 0 Å². The summed E-state index contributed by atoms with van der Waals surface area (Å²) in [6.07, 6.45) is 18.5. The lowest BCUT2D eigenvalue weighted by Crippen LogP contribution is -2.32. The Morgan fingerprint density at radius 1 is 0.509 bits per heavy atom. The lowest BCUT2D eigenvalue weighted by atomic mass is 9.73. The zero-order chi connectivity index (χ0) is 39.2. The molecule has 4 unspecified atom stereocenters. The summed E-state index contributed by atoms with van der Waals surface area (Å²) in [6.45, 7) is 9.71. The number of ketones is 4. The highest BCUT2D eigenvalue weighted by molar-refractivity contribution is 6.03. The number of carbonyl (C=O) groups excluding carboxylic acids is 4. The van der Waals surface area contributed by atoms with Crippen LogP contribution in [0.5, 0.6) is 11.5 Å². The van der Waals surface area contributed by atoms with Crippen LogP contribution in [0.4, 0.5) is 0 Å². The summed E-state index contributed by atoms with van der Waals surface area (Å²) in [5.74, 6) is 5.29. The molecule has 302 valence electrons. The zero-order valence-corrected chi connectivity index (χ0v) is 34.5. The predicted octanol–water partition coefficient (Wildman–Crippen LogP) is 11.8. The van der Waals surface area contributed by atoms with E-state index in [9.17, 15) is 19.2 Å². The summed E-state index contributed by atoms with van der Waals surface area (Å²) in [5.41, 5.74) is 2.77. The monoisotopic (exact) mass is 755 g/mol. The minimum absolute atomic E-state index is 0.209. The summed E-state index contributed by atoms with van der Waals surface area (Å²) in [7, 11) is 0. The minimum atomic E-state index is -0.295. The average molecular weight is 755 g/mol. The Morgan fingerprint density at radius 2 is 0.891 bits per heavy atom. The van der Waals surface area contributed by atoms with E-state index in [0.717, 1.165) is 108 Å². The molecule has 4 atom stereocenters. The van der Waals surface area contributed by atoms with Crippen LogP contribution in [0.25, 0.3) is 0 Å². The van der Waals surface area contributed by atoms with E-state index in [1.54, 1.807) is 0 Å². The van der Waals surface area contributed by atoms with Gasteiger partial charge < -0.3 is 9.47 Å². The zero-order valence-electron chi connectivity index (χ0n) is 34.5. The molecule has 0 aromatic heterocycles. The van der Waals surface area contributed by atoms with Crippen molar-refractivity contribution in [2.24, 2.45) is 35.5 Å². The first-order valence-corrected chi connectivity index (χ1v) is 22.3. The molecule has 6 heteroatoms. The molecule has 0 amide bonds. The largest absolute Gasteiger partial charge is 0.494 e. The maximum Gasteiger partial charge on any atom is 0.143 e. The van der Waals surface area contributed by atoms with E-state index in [0.29, 0.717) is 74.4 Å². The fraction of sp³-hybridized carbons (Fsp3) is 0.673. The van der Waals surface area contributed by atoms with E-state index >= 15 is 0 Å². The number of ether oxygens (including phenoxy) is 2. The molecule has 2 aromatic rings. The first-order chi connectivity index (χ1) is 26.7. The highest BCUT2D eigenvalue weighted by atomic mass is 16.5. The van der Waals surface area contributed by atoms with Crippen LogP contribution >= 0.6 is 0 Å². The van der Waals surface area contributed by atoms with Crippen molar-refractivity contribution in [1.82, 2.24) is 0 Å². The number of hydrogen-bond donors (Lipinski definition) is 0. The summed E-state index contributed by atoms with van der Waals surface area (Å²) in [4.78, 5) is 50.2. The van der Waals surface area contributed by atoms with Crippen molar-refractivity contribution >= 4 is 23.1 Å². The SMILES string of the molecule is CCCC1CCC(C(=O)CC2CCC(c3ccc(OCC)cc3)CC2)C(=O)C1.CCOc1ccc(C2CCC(CC(=O)C3CCC(CC)CC3=O)CC2)cc1. The number of Topliss-reactive ketones (excluding diaryl/α,β-unsaturated/α-hetero) is 4. The molecule has 4 aliphatic rings. The Morgan fingerprint density at radius 3 is 1.25 bits per heavy atom. The van der Waals surface area contributed by atoms with E-state index in [2.05, 4.69) is 62.4 Å². The second-order valence-electron chi connectivity index (χ2n) is 17.3. The molecule has 0 saturated heterocycles. The molecule has 6 rings (SSSR count). The van der Waals surface area contributed by atoms with Gasteiger partial charge in [-0.25, -0.2) is 0 Å². The maximum atomic E-state index is 12.8. The van der Waals surface area contributed by atoms with Crippen molar-refractivity contribution in [3.8, 4) is 11.5 Å². The Labute approximate surface area is 332 Å². The molecule has 4 aliphatic carbocycles. The summed E-state index contributed by atoms with van der Waals surface area (Å²) in [5, 5.41) is 0. The molecule has 0 N–H and O–H groups in total. The molecule has 0 bridgehead atoms. The molecule has 0 heterocycles. The summed E-state index contributed by atoms with van der Waals surface area (Å²) < 4.78 is 11.1. The molecule has 2 aromatic carbocycles. The van der Waals surface area contributed by atoms with Gasteiger partial charge in [0.15, 0.2) is 0 Å². The van der Waals surface area contributed by atoms with E-state index < -0.39 is 0 Å². The Hall–Kier alpha value is -3.28. The van der Waals surface area contributed by atoms with E-state index in [1.165, 1.54) is 11.1 Å². The highest BCUT2D eigenvalue weighted by Crippen LogP contribution is 2.41. The molecule has 0 spiro atoms. The first-order valence-electron chi connectivity index (χ1n) is 22.3. The number of benzene rings is 2. The Bertz CT molecular complexity index is 1490. The normalized spacial score (nSPS) is 28.4. The first kappa shape index (κ1) is 42.9. The standard InChI is InChI=1S/C25H36O3.C24H34O3/c1-3-5-18-8-15-23(24(26)16-18)25(27)17-19-6-9-20(10-7-19)21-11-13-22(14-12-21)28-4-2;1-3-17-7-14-22(23(25)15-17)24(26)16-18-5-8-19(9-6-18)20-10-12-21(13-11-20)27-4-2/h11-14,18-20,23H,3-10,15-17H2,1-2H3;10-13,17-19,22H,3-9,14-16H2,1-2H3. The van der Waals surface area contributed by atoms with Crippen molar-refractivity contribution in [1.29, 1.82) is 0 Å². The van der Waals surface area contributed by atoms with E-state index in [1.807, 2.05) is 13.8 Å². The molecule has 4 fully saturated rings. The van der Waals surface area contributed by atoms with Crippen molar-refractivity contribution in [3.05, 3.63) is 59.7 Å². The fourth-order valence-corrected chi connectivity index (χ4v) is 10.1. The summed E-state index contributed by atoms with van der Waals surface area (Å²) in [6, 6.07) is 17.0. The third-order valence-corrected chi connectivity index (χ3v) is 13.5. The third kappa shape index (κ3) is 12.6. The van der Waals surface area contributed by atoms with E-state index in [-0.39, 0.29) is 35.0 Å². The van der Waals surface area contributed by atoms with Gasteiger partial charge in [0.25, 0.3) is 0 Å². The van der Waals surface area contributed by atoms with Gasteiger partial charge in [-0.2, -0.15) is 0 Å².